The molecule has 0 aromatic carbocycles. The predicted molar refractivity (Wildman–Crippen MR) is 66.2 cm³/mol. The van der Waals surface area contributed by atoms with Crippen molar-refractivity contribution < 1.29 is 14.3 Å². The maximum absolute atomic E-state index is 8.42. The summed E-state index contributed by atoms with van der Waals surface area (Å²) in [6.45, 7) is 1.98. The fourth-order valence-electron chi connectivity index (χ4n) is 1.84. The Kier molecular flexibility index (Phi) is 4.06. The monoisotopic (exact) mass is 246 g/mol. The number of oxime groups is 1. The van der Waals surface area contributed by atoms with E-state index in [9.17, 15) is 0 Å². The first-order valence-electron chi connectivity index (χ1n) is 5.95. The van der Waals surface area contributed by atoms with Crippen molar-refractivity contribution in [1.82, 2.24) is 4.57 Å². The number of aromatic nitrogens is 3. The SMILES string of the molecule is C[n+]1ccn(CCC[n+]2ccc(C=NO)cc2)c1. The molecule has 0 aliphatic carbocycles. The van der Waals surface area contributed by atoms with Gasteiger partial charge in [-0.25, -0.2) is 13.7 Å². The van der Waals surface area contributed by atoms with E-state index in [1.807, 2.05) is 42.3 Å². The number of nitrogens with zero attached hydrogens (tertiary/aromatic N) is 4. The van der Waals surface area contributed by atoms with Crippen LogP contribution in [0.15, 0.2) is 48.4 Å². The number of imidazole rings is 1. The van der Waals surface area contributed by atoms with Crippen molar-refractivity contribution in [1.29, 1.82) is 0 Å². The smallest absolute Gasteiger partial charge is 0.243 e. The standard InChI is InChI=1S/C13H17N4O/c1-15-9-10-17(12-15)6-2-5-16-7-3-13(4-8-16)11-14-18/h3-4,7-12H,2,5-6H2,1H3/q+1/p+1. The Morgan fingerprint density at radius 3 is 2.72 bits per heavy atom. The molecule has 2 rings (SSSR count). The van der Waals surface area contributed by atoms with Gasteiger partial charge in [0.1, 0.15) is 12.4 Å². The van der Waals surface area contributed by atoms with E-state index in [1.165, 1.54) is 6.21 Å². The van der Waals surface area contributed by atoms with Crippen molar-refractivity contribution in [2.75, 3.05) is 0 Å². The van der Waals surface area contributed by atoms with Crippen molar-refractivity contribution in [2.24, 2.45) is 12.2 Å². The molecule has 0 bridgehead atoms. The second-order valence-corrected chi connectivity index (χ2v) is 4.28. The summed E-state index contributed by atoms with van der Waals surface area (Å²) in [5.74, 6) is 0. The van der Waals surface area contributed by atoms with Gasteiger partial charge in [0.2, 0.25) is 6.33 Å². The lowest BCUT2D eigenvalue weighted by molar-refractivity contribution is -0.697. The quantitative estimate of drug-likeness (QED) is 0.355. The average molecular weight is 246 g/mol. The van der Waals surface area contributed by atoms with E-state index in [4.69, 9.17) is 5.21 Å². The van der Waals surface area contributed by atoms with Gasteiger partial charge in [-0.2, -0.15) is 0 Å². The Bertz CT molecular complexity index is 516. The van der Waals surface area contributed by atoms with Crippen LogP contribution >= 0.6 is 0 Å². The summed E-state index contributed by atoms with van der Waals surface area (Å²) in [4.78, 5) is 0. The van der Waals surface area contributed by atoms with Crippen LogP contribution in [0, 0.1) is 0 Å². The van der Waals surface area contributed by atoms with Gasteiger partial charge in [0.05, 0.1) is 19.8 Å². The molecule has 0 fully saturated rings. The molecule has 1 N–H and O–H groups in total. The number of rotatable bonds is 5. The van der Waals surface area contributed by atoms with Crippen LogP contribution in [0.3, 0.4) is 0 Å². The summed E-state index contributed by atoms with van der Waals surface area (Å²) in [5.41, 5.74) is 0.895. The van der Waals surface area contributed by atoms with Crippen LogP contribution in [0.4, 0.5) is 0 Å². The zero-order valence-corrected chi connectivity index (χ0v) is 10.5. The van der Waals surface area contributed by atoms with Gasteiger partial charge in [-0.3, -0.25) is 0 Å². The summed E-state index contributed by atoms with van der Waals surface area (Å²) in [7, 11) is 2.02. The van der Waals surface area contributed by atoms with E-state index in [2.05, 4.69) is 26.8 Å². The Labute approximate surface area is 106 Å². The number of aryl methyl sites for hydroxylation is 3. The molecule has 0 spiro atoms. The molecule has 0 aliphatic rings. The van der Waals surface area contributed by atoms with E-state index < -0.39 is 0 Å². The topological polar surface area (TPSA) is 45.3 Å². The molecule has 0 radical (unpaired) electrons. The molecule has 0 atom stereocenters. The van der Waals surface area contributed by atoms with Gasteiger partial charge in [0.15, 0.2) is 18.9 Å². The van der Waals surface area contributed by atoms with Crippen molar-refractivity contribution in [3.05, 3.63) is 48.8 Å². The normalized spacial score (nSPS) is 11.2. The number of pyridine rings is 1. The predicted octanol–water partition coefficient (Wildman–Crippen LogP) is 0.498. The summed E-state index contributed by atoms with van der Waals surface area (Å²) in [6, 6.07) is 3.85. The Hall–Kier alpha value is -2.17. The highest BCUT2D eigenvalue weighted by Crippen LogP contribution is 1.92. The van der Waals surface area contributed by atoms with Crippen LogP contribution in [0.25, 0.3) is 0 Å². The minimum absolute atomic E-state index is 0.895. The first kappa shape index (κ1) is 12.3. The van der Waals surface area contributed by atoms with Crippen LogP contribution in [-0.4, -0.2) is 16.0 Å². The fourth-order valence-corrected chi connectivity index (χ4v) is 1.84. The first-order chi connectivity index (χ1) is 8.78. The molecule has 2 aromatic rings. The zero-order chi connectivity index (χ0) is 12.8. The minimum Gasteiger partial charge on any atom is -0.411 e. The van der Waals surface area contributed by atoms with Crippen molar-refractivity contribution >= 4 is 6.21 Å². The highest BCUT2D eigenvalue weighted by atomic mass is 16.4. The minimum atomic E-state index is 0.895. The van der Waals surface area contributed by atoms with Crippen molar-refractivity contribution in [2.45, 2.75) is 19.5 Å². The Balaban J connectivity index is 1.83. The first-order valence-corrected chi connectivity index (χ1v) is 5.95. The molecule has 2 aromatic heterocycles. The summed E-state index contributed by atoms with van der Waals surface area (Å²) < 4.78 is 6.34. The third-order valence-corrected chi connectivity index (χ3v) is 2.78. The van der Waals surface area contributed by atoms with Gasteiger partial charge in [0, 0.05) is 24.1 Å². The number of hydrogen-bond donors (Lipinski definition) is 1. The molecule has 0 saturated heterocycles. The molecule has 0 aliphatic heterocycles. The lowest BCUT2D eigenvalue weighted by Gasteiger charge is -1.96. The largest absolute Gasteiger partial charge is 0.411 e. The summed E-state index contributed by atoms with van der Waals surface area (Å²) in [6.07, 6.45) is 12.7. The van der Waals surface area contributed by atoms with E-state index in [-0.39, 0.29) is 0 Å². The van der Waals surface area contributed by atoms with Gasteiger partial charge < -0.3 is 5.21 Å². The number of hydrogen-bond acceptors (Lipinski definition) is 2. The van der Waals surface area contributed by atoms with Crippen molar-refractivity contribution in [3.63, 3.8) is 0 Å². The van der Waals surface area contributed by atoms with E-state index in [0.29, 0.717) is 0 Å². The second kappa shape index (κ2) is 5.95. The second-order valence-electron chi connectivity index (χ2n) is 4.28. The third-order valence-electron chi connectivity index (χ3n) is 2.78. The van der Waals surface area contributed by atoms with E-state index >= 15 is 0 Å². The van der Waals surface area contributed by atoms with Crippen LogP contribution in [0.1, 0.15) is 12.0 Å². The molecule has 18 heavy (non-hydrogen) atoms. The van der Waals surface area contributed by atoms with Gasteiger partial charge in [-0.05, 0) is 0 Å². The lowest BCUT2D eigenvalue weighted by atomic mass is 10.3. The summed E-state index contributed by atoms with van der Waals surface area (Å²) in [5, 5.41) is 11.4. The molecule has 5 nitrogen and oxygen atoms in total. The van der Waals surface area contributed by atoms with Crippen LogP contribution in [0.2, 0.25) is 0 Å². The highest BCUT2D eigenvalue weighted by molar-refractivity contribution is 5.78. The molecular formula is C13H18N4O+2. The molecule has 94 valence electrons. The van der Waals surface area contributed by atoms with Gasteiger partial charge in [-0.15, -0.1) is 0 Å². The highest BCUT2D eigenvalue weighted by Gasteiger charge is 2.03. The van der Waals surface area contributed by atoms with Gasteiger partial charge in [-0.1, -0.05) is 5.16 Å². The van der Waals surface area contributed by atoms with Crippen LogP contribution < -0.4 is 9.13 Å². The van der Waals surface area contributed by atoms with Gasteiger partial charge >= 0.3 is 0 Å². The molecule has 5 heteroatoms. The molecule has 0 saturated carbocycles. The molecule has 0 amide bonds. The maximum Gasteiger partial charge on any atom is 0.243 e. The average Bonchev–Trinajstić information content (AvgIpc) is 2.78. The molecule has 2 heterocycles. The van der Waals surface area contributed by atoms with Crippen LogP contribution in [-0.2, 0) is 20.1 Å². The Morgan fingerprint density at radius 1 is 1.33 bits per heavy atom. The fraction of sp³-hybridized carbons (Fsp3) is 0.308. The van der Waals surface area contributed by atoms with E-state index in [1.54, 1.807) is 0 Å². The van der Waals surface area contributed by atoms with E-state index in [0.717, 1.165) is 25.1 Å². The third kappa shape index (κ3) is 3.41. The zero-order valence-electron chi connectivity index (χ0n) is 10.5. The van der Waals surface area contributed by atoms with Gasteiger partial charge in [0.25, 0.3) is 0 Å². The van der Waals surface area contributed by atoms with Crippen LogP contribution in [0.5, 0.6) is 0 Å². The Morgan fingerprint density at radius 2 is 2.11 bits per heavy atom. The summed E-state index contributed by atoms with van der Waals surface area (Å²) >= 11 is 0. The molecule has 0 unspecified atom stereocenters. The lowest BCUT2D eigenvalue weighted by Crippen LogP contribution is -2.33. The molecular weight excluding hydrogens is 228 g/mol. The van der Waals surface area contributed by atoms with Crippen molar-refractivity contribution in [3.8, 4) is 0 Å². The maximum atomic E-state index is 8.42.